The number of allylic oxidation sites excluding steroid dienone is 6. The molecule has 1 amide bonds. The van der Waals surface area contributed by atoms with Gasteiger partial charge in [0, 0.05) is 6.42 Å². The molecule has 0 saturated heterocycles. The van der Waals surface area contributed by atoms with Gasteiger partial charge in [0.15, 0.2) is 0 Å². The van der Waals surface area contributed by atoms with E-state index in [-0.39, 0.29) is 24.9 Å². The van der Waals surface area contributed by atoms with E-state index in [1.807, 2.05) is 0 Å². The summed E-state index contributed by atoms with van der Waals surface area (Å²) < 4.78 is 5.93. The van der Waals surface area contributed by atoms with Gasteiger partial charge in [0.25, 0.3) is 0 Å². The maximum absolute atomic E-state index is 13.2. The number of aliphatic hydroxyl groups is 2. The van der Waals surface area contributed by atoms with Crippen LogP contribution in [0.3, 0.4) is 0 Å². The molecule has 0 radical (unpaired) electrons. The number of aliphatic hydroxyl groups excluding tert-OH is 2. The molecule has 0 bridgehead atoms. The Morgan fingerprint density at radius 1 is 0.453 bits per heavy atom. The van der Waals surface area contributed by atoms with Crippen LogP contribution in [-0.4, -0.2) is 46.9 Å². The Bertz CT molecular complexity index is 1060. The Morgan fingerprint density at radius 2 is 0.812 bits per heavy atom. The van der Waals surface area contributed by atoms with Gasteiger partial charge in [0.05, 0.1) is 25.2 Å². The average molecular weight is 901 g/mol. The van der Waals surface area contributed by atoms with E-state index in [4.69, 9.17) is 4.74 Å². The number of hydrogen-bond donors (Lipinski definition) is 3. The van der Waals surface area contributed by atoms with Crippen LogP contribution in [0, 0.1) is 0 Å². The summed E-state index contributed by atoms with van der Waals surface area (Å²) >= 11 is 0. The molecule has 0 aromatic carbocycles. The normalized spacial score (nSPS) is 13.4. The highest BCUT2D eigenvalue weighted by atomic mass is 16.5. The van der Waals surface area contributed by atoms with Crippen molar-refractivity contribution in [2.45, 2.75) is 315 Å². The van der Waals surface area contributed by atoms with Crippen molar-refractivity contribution in [3.63, 3.8) is 0 Å². The molecule has 64 heavy (non-hydrogen) atoms. The third-order valence-electron chi connectivity index (χ3n) is 12.9. The number of unbranched alkanes of at least 4 members (excludes halogenated alkanes) is 33. The molecular weight excluding hydrogens is 791 g/mol. The van der Waals surface area contributed by atoms with Gasteiger partial charge < -0.3 is 20.3 Å². The van der Waals surface area contributed by atoms with E-state index in [0.29, 0.717) is 19.3 Å². The second-order valence-electron chi connectivity index (χ2n) is 19.3. The Labute approximate surface area is 398 Å². The van der Waals surface area contributed by atoms with Crippen molar-refractivity contribution in [2.24, 2.45) is 0 Å². The molecule has 0 aliphatic heterocycles. The van der Waals surface area contributed by atoms with E-state index >= 15 is 0 Å². The van der Waals surface area contributed by atoms with Crippen molar-refractivity contribution < 1.29 is 24.5 Å². The van der Waals surface area contributed by atoms with Gasteiger partial charge in [-0.05, 0) is 77.0 Å². The van der Waals surface area contributed by atoms with Crippen LogP contribution in [0.25, 0.3) is 0 Å². The zero-order chi connectivity index (χ0) is 46.7. The number of nitrogens with one attached hydrogen (secondary N) is 1. The van der Waals surface area contributed by atoms with E-state index in [2.05, 4.69) is 62.5 Å². The van der Waals surface area contributed by atoms with Crippen LogP contribution in [0.15, 0.2) is 36.5 Å². The number of carbonyl (C=O) groups is 2. The molecule has 0 aliphatic rings. The van der Waals surface area contributed by atoms with Gasteiger partial charge in [-0.2, -0.15) is 0 Å². The van der Waals surface area contributed by atoms with Crippen LogP contribution in [0.5, 0.6) is 0 Å². The highest BCUT2D eigenvalue weighted by molar-refractivity contribution is 5.77. The first-order chi connectivity index (χ1) is 31.5. The maximum Gasteiger partial charge on any atom is 0.306 e. The molecule has 6 nitrogen and oxygen atoms in total. The first-order valence-corrected chi connectivity index (χ1v) is 28.2. The van der Waals surface area contributed by atoms with Gasteiger partial charge in [-0.15, -0.1) is 0 Å². The summed E-state index contributed by atoms with van der Waals surface area (Å²) in [5.74, 6) is -0.496. The third-order valence-corrected chi connectivity index (χ3v) is 12.9. The van der Waals surface area contributed by atoms with E-state index in [1.54, 1.807) is 0 Å². The minimum absolute atomic E-state index is 0.0579. The maximum atomic E-state index is 13.2. The van der Waals surface area contributed by atoms with Crippen LogP contribution in [-0.2, 0) is 14.3 Å². The zero-order valence-corrected chi connectivity index (χ0v) is 42.9. The summed E-state index contributed by atoms with van der Waals surface area (Å²) in [5, 5.41) is 23.8. The summed E-state index contributed by atoms with van der Waals surface area (Å²) in [7, 11) is 0. The molecular formula is C58H109NO5. The molecule has 0 heterocycles. The van der Waals surface area contributed by atoms with Crippen molar-refractivity contribution in [1.29, 1.82) is 0 Å². The number of carbonyl (C=O) groups excluding carboxylic acids is 2. The fourth-order valence-corrected chi connectivity index (χ4v) is 8.64. The highest BCUT2D eigenvalue weighted by Gasteiger charge is 2.24. The van der Waals surface area contributed by atoms with Gasteiger partial charge in [0.2, 0.25) is 5.91 Å². The number of esters is 1. The van der Waals surface area contributed by atoms with Crippen molar-refractivity contribution >= 4 is 11.9 Å². The van der Waals surface area contributed by atoms with Gasteiger partial charge in [-0.3, -0.25) is 9.59 Å². The smallest absolute Gasteiger partial charge is 0.306 e. The molecule has 0 aromatic rings. The molecule has 376 valence electrons. The second kappa shape index (κ2) is 52.1. The van der Waals surface area contributed by atoms with Gasteiger partial charge >= 0.3 is 5.97 Å². The third kappa shape index (κ3) is 46.6. The predicted molar refractivity (Wildman–Crippen MR) is 278 cm³/mol. The lowest BCUT2D eigenvalue weighted by Gasteiger charge is -2.24. The molecule has 3 atom stereocenters. The molecule has 0 aromatic heterocycles. The van der Waals surface area contributed by atoms with Crippen LogP contribution in [0.1, 0.15) is 297 Å². The molecule has 0 fully saturated rings. The Hall–Kier alpha value is -1.92. The molecule has 0 rings (SSSR count). The summed E-state index contributed by atoms with van der Waals surface area (Å²) in [6.07, 6.45) is 62.1. The minimum Gasteiger partial charge on any atom is -0.462 e. The summed E-state index contributed by atoms with van der Waals surface area (Å²) in [4.78, 5) is 26.2. The molecule has 3 N–H and O–H groups in total. The predicted octanol–water partition coefficient (Wildman–Crippen LogP) is 17.2. The van der Waals surface area contributed by atoms with Crippen LogP contribution in [0.2, 0.25) is 0 Å². The fraction of sp³-hybridized carbons (Fsp3) is 0.862. The lowest BCUT2D eigenvalue weighted by molar-refractivity contribution is -0.151. The fourth-order valence-electron chi connectivity index (χ4n) is 8.64. The molecule has 0 spiro atoms. The Balaban J connectivity index is 4.50. The Kier molecular flexibility index (Phi) is 50.5. The molecule has 0 aliphatic carbocycles. The van der Waals surface area contributed by atoms with Gasteiger partial charge in [-0.1, -0.05) is 243 Å². The van der Waals surface area contributed by atoms with E-state index in [0.717, 1.165) is 64.2 Å². The van der Waals surface area contributed by atoms with Crippen LogP contribution < -0.4 is 5.32 Å². The molecule has 0 saturated carbocycles. The number of amides is 1. The lowest BCUT2D eigenvalue weighted by atomic mass is 10.0. The summed E-state index contributed by atoms with van der Waals surface area (Å²) in [5.41, 5.74) is 0. The number of rotatable bonds is 51. The first-order valence-electron chi connectivity index (χ1n) is 28.2. The van der Waals surface area contributed by atoms with E-state index < -0.39 is 18.2 Å². The topological polar surface area (TPSA) is 95.9 Å². The van der Waals surface area contributed by atoms with Crippen LogP contribution in [0.4, 0.5) is 0 Å². The average Bonchev–Trinajstić information content (AvgIpc) is 3.29. The highest BCUT2D eigenvalue weighted by Crippen LogP contribution is 2.18. The van der Waals surface area contributed by atoms with Gasteiger partial charge in [-0.25, -0.2) is 0 Å². The minimum atomic E-state index is -0.793. The Morgan fingerprint density at radius 3 is 1.27 bits per heavy atom. The molecule has 3 unspecified atom stereocenters. The number of ether oxygens (including phenoxy) is 1. The first kappa shape index (κ1) is 62.1. The summed E-state index contributed by atoms with van der Waals surface area (Å²) in [6.45, 7) is 6.47. The van der Waals surface area contributed by atoms with Crippen molar-refractivity contribution in [2.75, 3.05) is 6.61 Å². The molecule has 6 heteroatoms. The quantitative estimate of drug-likeness (QED) is 0.0321. The lowest BCUT2D eigenvalue weighted by Crippen LogP contribution is -2.46. The standard InChI is InChI=1S/C58H109NO5/c1-4-7-10-13-16-19-22-25-27-28-29-30-31-33-36-39-42-45-48-51-58(63)64-54(49-46-43-40-37-34-24-21-18-15-12-9-6-3)52-57(62)59-55(53-60)56(61)50-47-44-41-38-35-32-26-23-20-17-14-11-8-5-2/h16,19,25,27,37,40,54-56,60-61H,4-15,17-18,20-24,26,28-36,38-39,41-53H2,1-3H3,(H,59,62)/b19-16-,27-25-,40-37-. The van der Waals surface area contributed by atoms with Gasteiger partial charge in [0.1, 0.15) is 6.10 Å². The van der Waals surface area contributed by atoms with E-state index in [9.17, 15) is 19.8 Å². The van der Waals surface area contributed by atoms with Crippen LogP contribution >= 0.6 is 0 Å². The SMILES string of the molecule is CCCCC/C=C\C/C=C\CCCCCCCCCCCC(=O)OC(CCC/C=C\CCCCCCCCC)CC(=O)NC(CO)C(O)CCCCCCCCCCCCCCCC. The zero-order valence-electron chi connectivity index (χ0n) is 42.9. The van der Waals surface area contributed by atoms with Crippen molar-refractivity contribution in [1.82, 2.24) is 5.32 Å². The van der Waals surface area contributed by atoms with E-state index in [1.165, 1.54) is 186 Å². The monoisotopic (exact) mass is 900 g/mol. The summed E-state index contributed by atoms with van der Waals surface area (Å²) in [6, 6.07) is -0.708. The largest absolute Gasteiger partial charge is 0.462 e. The van der Waals surface area contributed by atoms with Crippen molar-refractivity contribution in [3.8, 4) is 0 Å². The van der Waals surface area contributed by atoms with Crippen molar-refractivity contribution in [3.05, 3.63) is 36.5 Å². The number of hydrogen-bond acceptors (Lipinski definition) is 5. The second-order valence-corrected chi connectivity index (χ2v) is 19.3.